The van der Waals surface area contributed by atoms with Gasteiger partial charge in [0.25, 0.3) is 0 Å². The summed E-state index contributed by atoms with van der Waals surface area (Å²) < 4.78 is 12.5. The number of likely N-dealkylation sites (tertiary alicyclic amines) is 1. The maximum Gasteiger partial charge on any atom is 0.312 e. The highest BCUT2D eigenvalue weighted by molar-refractivity contribution is 5.99. The molecule has 4 rings (SSSR count). The van der Waals surface area contributed by atoms with Gasteiger partial charge in [-0.05, 0) is 52.0 Å². The molecule has 2 bridgehead atoms. The number of benzene rings is 1. The molecule has 8 nitrogen and oxygen atoms in total. The molecule has 3 saturated heterocycles. The number of rotatable bonds is 11. The van der Waals surface area contributed by atoms with Crippen LogP contribution in [0.5, 0.6) is 0 Å². The van der Waals surface area contributed by atoms with E-state index in [1.807, 2.05) is 58.0 Å². The van der Waals surface area contributed by atoms with Gasteiger partial charge in [0.05, 0.1) is 30.8 Å². The minimum absolute atomic E-state index is 0.166. The predicted molar refractivity (Wildman–Crippen MR) is 147 cm³/mol. The van der Waals surface area contributed by atoms with Gasteiger partial charge in [-0.15, -0.1) is 13.2 Å². The van der Waals surface area contributed by atoms with Crippen molar-refractivity contribution in [3.63, 3.8) is 0 Å². The summed E-state index contributed by atoms with van der Waals surface area (Å²) in [5, 5.41) is 10.6. The molecule has 8 heteroatoms. The highest BCUT2D eigenvalue weighted by atomic mass is 16.6. The summed E-state index contributed by atoms with van der Waals surface area (Å²) in [6.07, 6.45) is 5.35. The average molecular weight is 539 g/mol. The van der Waals surface area contributed by atoms with Gasteiger partial charge >= 0.3 is 5.97 Å². The predicted octanol–water partition coefficient (Wildman–Crippen LogP) is 3.81. The van der Waals surface area contributed by atoms with Crippen LogP contribution < -0.4 is 0 Å². The van der Waals surface area contributed by atoms with Gasteiger partial charge in [-0.1, -0.05) is 49.4 Å². The molecule has 3 aliphatic rings. The van der Waals surface area contributed by atoms with Crippen LogP contribution in [0, 0.1) is 11.8 Å². The third-order valence-corrected chi connectivity index (χ3v) is 8.75. The van der Waals surface area contributed by atoms with Gasteiger partial charge in [0.2, 0.25) is 11.8 Å². The third-order valence-electron chi connectivity index (χ3n) is 8.75. The van der Waals surface area contributed by atoms with E-state index in [1.54, 1.807) is 17.1 Å². The Hall–Kier alpha value is -2.97. The topological polar surface area (TPSA) is 96.4 Å². The Labute approximate surface area is 231 Å². The standard InChI is InChI=1S/C31H42N2O6/c1-7-10-19-38-28(37)24-23-26(35)33(22(20-34)21-14-12-11-13-15-21)25(27(36)32(18-8-2)29(4,5)6)31(23)17-16-30(24,9-3)39-31/h7-8,11-15,22-25,34H,1-2,9-10,16-20H2,3-6H3/t22-,23+,24+,25?,30-,31?/m1/s1. The Morgan fingerprint density at radius 1 is 1.23 bits per heavy atom. The molecule has 0 aromatic heterocycles. The van der Waals surface area contributed by atoms with Crippen molar-refractivity contribution in [1.29, 1.82) is 0 Å². The van der Waals surface area contributed by atoms with Crippen LogP contribution in [0.2, 0.25) is 0 Å². The van der Waals surface area contributed by atoms with Crippen LogP contribution in [0.15, 0.2) is 55.6 Å². The first-order valence-corrected chi connectivity index (χ1v) is 13.9. The lowest BCUT2D eigenvalue weighted by molar-refractivity contribution is -0.164. The van der Waals surface area contributed by atoms with E-state index in [0.29, 0.717) is 31.2 Å². The number of nitrogens with zero attached hydrogens (tertiary/aromatic N) is 2. The van der Waals surface area contributed by atoms with E-state index < -0.39 is 46.6 Å². The van der Waals surface area contributed by atoms with Crippen LogP contribution in [0.1, 0.15) is 65.0 Å². The van der Waals surface area contributed by atoms with Crippen LogP contribution in [0.25, 0.3) is 0 Å². The summed E-state index contributed by atoms with van der Waals surface area (Å²) in [7, 11) is 0. The number of aliphatic hydroxyl groups excluding tert-OH is 1. The molecule has 0 saturated carbocycles. The molecule has 0 aliphatic carbocycles. The van der Waals surface area contributed by atoms with Crippen molar-refractivity contribution in [2.24, 2.45) is 11.8 Å². The van der Waals surface area contributed by atoms with Gasteiger partial charge in [-0.3, -0.25) is 14.4 Å². The maximum absolute atomic E-state index is 14.6. The Balaban J connectivity index is 1.87. The Morgan fingerprint density at radius 2 is 1.92 bits per heavy atom. The van der Waals surface area contributed by atoms with Gasteiger partial charge in [-0.25, -0.2) is 0 Å². The second-order valence-electron chi connectivity index (χ2n) is 11.8. The zero-order valence-corrected chi connectivity index (χ0v) is 23.6. The first-order valence-electron chi connectivity index (χ1n) is 13.9. The molecule has 3 aliphatic heterocycles. The van der Waals surface area contributed by atoms with Crippen molar-refractivity contribution < 1.29 is 29.0 Å². The number of aliphatic hydroxyl groups is 1. The first-order chi connectivity index (χ1) is 18.5. The molecule has 39 heavy (non-hydrogen) atoms. The fourth-order valence-electron chi connectivity index (χ4n) is 6.96. The number of fused-ring (bicyclic) bond motifs is 1. The fraction of sp³-hybridized carbons (Fsp3) is 0.581. The molecule has 212 valence electrons. The molecule has 1 spiro atoms. The molecular formula is C31H42N2O6. The van der Waals surface area contributed by atoms with Crippen molar-refractivity contribution in [2.75, 3.05) is 19.8 Å². The van der Waals surface area contributed by atoms with Crippen molar-refractivity contribution in [3.05, 3.63) is 61.2 Å². The molecule has 1 N–H and O–H groups in total. The van der Waals surface area contributed by atoms with Crippen molar-refractivity contribution in [2.45, 2.75) is 82.2 Å². The Bertz CT molecular complexity index is 1110. The number of ether oxygens (including phenoxy) is 2. The molecule has 6 atom stereocenters. The van der Waals surface area contributed by atoms with Gasteiger partial charge in [0.1, 0.15) is 17.6 Å². The van der Waals surface area contributed by atoms with E-state index in [9.17, 15) is 19.5 Å². The van der Waals surface area contributed by atoms with Gasteiger partial charge < -0.3 is 24.4 Å². The lowest BCUT2D eigenvalue weighted by atomic mass is 9.65. The normalized spacial score (nSPS) is 30.1. The Morgan fingerprint density at radius 3 is 2.49 bits per heavy atom. The number of hydrogen-bond donors (Lipinski definition) is 1. The Kier molecular flexibility index (Phi) is 8.11. The molecule has 1 aromatic rings. The minimum atomic E-state index is -1.21. The second-order valence-corrected chi connectivity index (χ2v) is 11.8. The molecular weight excluding hydrogens is 496 g/mol. The van der Waals surface area contributed by atoms with Crippen LogP contribution >= 0.6 is 0 Å². The number of amides is 2. The zero-order valence-electron chi connectivity index (χ0n) is 23.6. The zero-order chi connectivity index (χ0) is 28.6. The van der Waals surface area contributed by atoms with Gasteiger partial charge in [0.15, 0.2) is 0 Å². The van der Waals surface area contributed by atoms with E-state index in [0.717, 1.165) is 0 Å². The van der Waals surface area contributed by atoms with Crippen molar-refractivity contribution in [1.82, 2.24) is 9.80 Å². The fourth-order valence-corrected chi connectivity index (χ4v) is 6.96. The highest BCUT2D eigenvalue weighted by Crippen LogP contribution is 2.65. The SMILES string of the molecule is C=CCCOC(=O)[C@@H]1[C@H]2C(=O)N([C@H](CO)c3ccccc3)C(C(=O)N(CC=C)C(C)(C)C)C23CC[C@@]1(CC)O3. The highest BCUT2D eigenvalue weighted by Gasteiger charge is 2.79. The number of hydrogen-bond acceptors (Lipinski definition) is 6. The average Bonchev–Trinajstić information content (AvgIpc) is 3.51. The second kappa shape index (κ2) is 10.9. The maximum atomic E-state index is 14.6. The van der Waals surface area contributed by atoms with Crippen LogP contribution in [-0.2, 0) is 23.9 Å². The molecule has 3 heterocycles. The van der Waals surface area contributed by atoms with E-state index in [-0.39, 0.29) is 31.6 Å². The quantitative estimate of drug-likeness (QED) is 0.262. The molecule has 2 amide bonds. The minimum Gasteiger partial charge on any atom is -0.465 e. The van der Waals surface area contributed by atoms with Crippen LogP contribution in [0.3, 0.4) is 0 Å². The summed E-state index contributed by atoms with van der Waals surface area (Å²) in [5.74, 6) is -2.85. The lowest BCUT2D eigenvalue weighted by Crippen LogP contribution is -2.60. The molecule has 1 aromatic carbocycles. The number of carbonyl (C=O) groups is 3. The van der Waals surface area contributed by atoms with E-state index >= 15 is 0 Å². The first kappa shape index (κ1) is 29.0. The number of carbonyl (C=O) groups excluding carboxylic acids is 3. The third kappa shape index (κ3) is 4.61. The molecule has 3 fully saturated rings. The van der Waals surface area contributed by atoms with E-state index in [2.05, 4.69) is 13.2 Å². The van der Waals surface area contributed by atoms with Gasteiger partial charge in [0, 0.05) is 12.1 Å². The molecule has 2 unspecified atom stereocenters. The summed E-state index contributed by atoms with van der Waals surface area (Å²) in [5.41, 5.74) is -1.96. The smallest absolute Gasteiger partial charge is 0.312 e. The summed E-state index contributed by atoms with van der Waals surface area (Å²) in [6, 6.07) is 7.39. The summed E-state index contributed by atoms with van der Waals surface area (Å²) in [6.45, 7) is 15.4. The lowest BCUT2D eigenvalue weighted by Gasteiger charge is -2.43. The monoisotopic (exact) mass is 538 g/mol. The van der Waals surface area contributed by atoms with Crippen molar-refractivity contribution in [3.8, 4) is 0 Å². The largest absolute Gasteiger partial charge is 0.465 e. The van der Waals surface area contributed by atoms with E-state index in [4.69, 9.17) is 9.47 Å². The van der Waals surface area contributed by atoms with Crippen LogP contribution in [-0.4, -0.2) is 75.2 Å². The van der Waals surface area contributed by atoms with Gasteiger partial charge in [-0.2, -0.15) is 0 Å². The van der Waals surface area contributed by atoms with E-state index in [1.165, 1.54) is 4.90 Å². The number of esters is 1. The summed E-state index contributed by atoms with van der Waals surface area (Å²) in [4.78, 5) is 45.9. The molecule has 0 radical (unpaired) electrons. The summed E-state index contributed by atoms with van der Waals surface area (Å²) >= 11 is 0. The van der Waals surface area contributed by atoms with Crippen LogP contribution in [0.4, 0.5) is 0 Å². The van der Waals surface area contributed by atoms with Crippen molar-refractivity contribution >= 4 is 17.8 Å².